The average molecular weight is 239 g/mol. The standard InChI is InChI=1S/C14H25NO2/c1-6-11-7-8-13(17-11)12(15-4)9-10-14(2,3)16-5/h7-8,12,15H,6,9-10H2,1-5H3. The highest BCUT2D eigenvalue weighted by molar-refractivity contribution is 5.10. The number of hydrogen-bond donors (Lipinski definition) is 1. The van der Waals surface area contributed by atoms with Crippen LogP contribution in [0.3, 0.4) is 0 Å². The van der Waals surface area contributed by atoms with Crippen molar-refractivity contribution in [2.45, 2.75) is 51.7 Å². The fourth-order valence-corrected chi connectivity index (χ4v) is 1.79. The maximum Gasteiger partial charge on any atom is 0.121 e. The van der Waals surface area contributed by atoms with Gasteiger partial charge in [-0.05, 0) is 45.9 Å². The maximum atomic E-state index is 5.78. The van der Waals surface area contributed by atoms with Gasteiger partial charge in [-0.25, -0.2) is 0 Å². The maximum absolute atomic E-state index is 5.78. The fraction of sp³-hybridized carbons (Fsp3) is 0.714. The molecular weight excluding hydrogens is 214 g/mol. The van der Waals surface area contributed by atoms with Gasteiger partial charge in [-0.15, -0.1) is 0 Å². The Bertz CT molecular complexity index is 331. The summed E-state index contributed by atoms with van der Waals surface area (Å²) in [5.41, 5.74) is -0.0741. The van der Waals surface area contributed by atoms with Crippen LogP contribution in [0.15, 0.2) is 16.5 Å². The van der Waals surface area contributed by atoms with Crippen molar-refractivity contribution in [1.29, 1.82) is 0 Å². The molecule has 0 spiro atoms. The molecule has 1 heterocycles. The van der Waals surface area contributed by atoms with Crippen molar-refractivity contribution in [3.8, 4) is 0 Å². The predicted molar refractivity (Wildman–Crippen MR) is 70.2 cm³/mol. The van der Waals surface area contributed by atoms with Gasteiger partial charge in [0.05, 0.1) is 11.6 Å². The third-order valence-electron chi connectivity index (χ3n) is 3.31. The summed E-state index contributed by atoms with van der Waals surface area (Å²) in [6.45, 7) is 6.32. The number of ether oxygens (including phenoxy) is 1. The first-order valence-electron chi connectivity index (χ1n) is 6.33. The lowest BCUT2D eigenvalue weighted by molar-refractivity contribution is 0.0114. The molecule has 0 fully saturated rings. The number of aryl methyl sites for hydroxylation is 1. The van der Waals surface area contributed by atoms with E-state index in [1.54, 1.807) is 7.11 Å². The highest BCUT2D eigenvalue weighted by Crippen LogP contribution is 2.25. The van der Waals surface area contributed by atoms with Crippen LogP contribution < -0.4 is 5.32 Å². The third-order valence-corrected chi connectivity index (χ3v) is 3.31. The summed E-state index contributed by atoms with van der Waals surface area (Å²) in [5.74, 6) is 2.07. The zero-order valence-corrected chi connectivity index (χ0v) is 11.7. The molecule has 1 unspecified atom stereocenters. The van der Waals surface area contributed by atoms with Gasteiger partial charge in [0.2, 0.25) is 0 Å². The molecule has 0 saturated heterocycles. The van der Waals surface area contributed by atoms with Crippen LogP contribution in [0, 0.1) is 0 Å². The zero-order chi connectivity index (χ0) is 12.9. The van der Waals surface area contributed by atoms with Crippen LogP contribution in [0.4, 0.5) is 0 Å². The Kier molecular flexibility index (Phi) is 5.22. The van der Waals surface area contributed by atoms with E-state index < -0.39 is 0 Å². The van der Waals surface area contributed by atoms with Crippen molar-refractivity contribution >= 4 is 0 Å². The van der Waals surface area contributed by atoms with E-state index in [4.69, 9.17) is 9.15 Å². The van der Waals surface area contributed by atoms with Crippen LogP contribution in [0.5, 0.6) is 0 Å². The normalized spacial score (nSPS) is 13.9. The number of nitrogens with one attached hydrogen (secondary N) is 1. The number of furan rings is 1. The third kappa shape index (κ3) is 4.17. The van der Waals surface area contributed by atoms with Crippen molar-refractivity contribution < 1.29 is 9.15 Å². The highest BCUT2D eigenvalue weighted by Gasteiger charge is 2.21. The van der Waals surface area contributed by atoms with Crippen LogP contribution in [0.2, 0.25) is 0 Å². The summed E-state index contributed by atoms with van der Waals surface area (Å²) in [6.07, 6.45) is 2.95. The minimum atomic E-state index is -0.0741. The molecule has 98 valence electrons. The van der Waals surface area contributed by atoms with Gasteiger partial charge in [0.25, 0.3) is 0 Å². The van der Waals surface area contributed by atoms with Crippen LogP contribution in [-0.4, -0.2) is 19.8 Å². The lowest BCUT2D eigenvalue weighted by Gasteiger charge is -2.25. The number of methoxy groups -OCH3 is 1. The summed E-state index contributed by atoms with van der Waals surface area (Å²) >= 11 is 0. The summed E-state index contributed by atoms with van der Waals surface area (Å²) in [6, 6.07) is 4.39. The van der Waals surface area contributed by atoms with Crippen molar-refractivity contribution in [2.75, 3.05) is 14.2 Å². The molecule has 0 aliphatic carbocycles. The molecule has 3 nitrogen and oxygen atoms in total. The Labute approximate surface area is 105 Å². The van der Waals surface area contributed by atoms with E-state index >= 15 is 0 Å². The quantitative estimate of drug-likeness (QED) is 0.792. The van der Waals surface area contributed by atoms with Gasteiger partial charge in [0.15, 0.2) is 0 Å². The zero-order valence-electron chi connectivity index (χ0n) is 11.7. The van der Waals surface area contributed by atoms with E-state index in [9.17, 15) is 0 Å². The van der Waals surface area contributed by atoms with Gasteiger partial charge in [-0.3, -0.25) is 0 Å². The summed E-state index contributed by atoms with van der Waals surface area (Å²) in [7, 11) is 3.73. The lowest BCUT2D eigenvalue weighted by Crippen LogP contribution is -2.25. The molecule has 0 aromatic carbocycles. The first kappa shape index (κ1) is 14.3. The summed E-state index contributed by atoms with van der Waals surface area (Å²) < 4.78 is 11.2. The van der Waals surface area contributed by atoms with Crippen LogP contribution in [-0.2, 0) is 11.2 Å². The van der Waals surface area contributed by atoms with Crippen LogP contribution in [0.1, 0.15) is 51.2 Å². The van der Waals surface area contributed by atoms with Crippen molar-refractivity contribution in [3.63, 3.8) is 0 Å². The summed E-state index contributed by atoms with van der Waals surface area (Å²) in [4.78, 5) is 0. The molecule has 0 aliphatic heterocycles. The monoisotopic (exact) mass is 239 g/mol. The minimum Gasteiger partial charge on any atom is -0.464 e. The highest BCUT2D eigenvalue weighted by atomic mass is 16.5. The van der Waals surface area contributed by atoms with Crippen molar-refractivity contribution in [3.05, 3.63) is 23.7 Å². The molecule has 1 atom stereocenters. The molecule has 0 aliphatic rings. The van der Waals surface area contributed by atoms with Gasteiger partial charge < -0.3 is 14.5 Å². The molecular formula is C14H25NO2. The Morgan fingerprint density at radius 1 is 1.41 bits per heavy atom. The van der Waals surface area contributed by atoms with E-state index in [1.807, 2.05) is 7.05 Å². The lowest BCUT2D eigenvalue weighted by atomic mass is 9.98. The molecule has 3 heteroatoms. The van der Waals surface area contributed by atoms with Gasteiger partial charge in [-0.1, -0.05) is 6.92 Å². The second-order valence-corrected chi connectivity index (χ2v) is 5.00. The SMILES string of the molecule is CCc1ccc(C(CCC(C)(C)OC)NC)o1. The average Bonchev–Trinajstić information content (AvgIpc) is 2.78. The Hall–Kier alpha value is -0.800. The summed E-state index contributed by atoms with van der Waals surface area (Å²) in [5, 5.41) is 3.30. The Balaban J connectivity index is 2.59. The minimum absolute atomic E-state index is 0.0741. The number of rotatable bonds is 7. The van der Waals surface area contributed by atoms with E-state index in [0.717, 1.165) is 30.8 Å². The van der Waals surface area contributed by atoms with Crippen LogP contribution in [0.25, 0.3) is 0 Å². The molecule has 1 aromatic rings. The first-order chi connectivity index (χ1) is 8.02. The molecule has 0 radical (unpaired) electrons. The van der Waals surface area contributed by atoms with Crippen LogP contribution >= 0.6 is 0 Å². The van der Waals surface area contributed by atoms with E-state index in [-0.39, 0.29) is 11.6 Å². The molecule has 0 bridgehead atoms. The van der Waals surface area contributed by atoms with E-state index in [0.29, 0.717) is 0 Å². The molecule has 1 rings (SSSR count). The Morgan fingerprint density at radius 2 is 2.12 bits per heavy atom. The van der Waals surface area contributed by atoms with Gasteiger partial charge in [0.1, 0.15) is 11.5 Å². The van der Waals surface area contributed by atoms with Gasteiger partial charge >= 0.3 is 0 Å². The smallest absolute Gasteiger partial charge is 0.121 e. The van der Waals surface area contributed by atoms with Crippen molar-refractivity contribution in [1.82, 2.24) is 5.32 Å². The number of hydrogen-bond acceptors (Lipinski definition) is 3. The van der Waals surface area contributed by atoms with Crippen molar-refractivity contribution in [2.24, 2.45) is 0 Å². The van der Waals surface area contributed by atoms with E-state index in [1.165, 1.54) is 0 Å². The second kappa shape index (κ2) is 6.22. The molecule has 0 saturated carbocycles. The predicted octanol–water partition coefficient (Wildman–Crippen LogP) is 3.31. The van der Waals surface area contributed by atoms with E-state index in [2.05, 4.69) is 38.2 Å². The molecule has 1 aromatic heterocycles. The van der Waals surface area contributed by atoms with Gasteiger partial charge in [0, 0.05) is 13.5 Å². The largest absolute Gasteiger partial charge is 0.464 e. The molecule has 1 N–H and O–H groups in total. The Morgan fingerprint density at radius 3 is 2.59 bits per heavy atom. The second-order valence-electron chi connectivity index (χ2n) is 5.00. The van der Waals surface area contributed by atoms with Gasteiger partial charge in [-0.2, -0.15) is 0 Å². The topological polar surface area (TPSA) is 34.4 Å². The fourth-order valence-electron chi connectivity index (χ4n) is 1.79. The first-order valence-corrected chi connectivity index (χ1v) is 6.33. The molecule has 0 amide bonds. The molecule has 17 heavy (non-hydrogen) atoms.